The Hall–Kier alpha value is -5.66. The van der Waals surface area contributed by atoms with Crippen LogP contribution in [-0.2, 0) is 19.1 Å². The molecule has 3 aromatic carbocycles. The van der Waals surface area contributed by atoms with Crippen LogP contribution in [0.2, 0.25) is 0 Å². The Balaban J connectivity index is 1.20. The molecule has 434 valence electrons. The number of ether oxygens (including phenoxy) is 6. The van der Waals surface area contributed by atoms with Gasteiger partial charge in [0.25, 0.3) is 0 Å². The van der Waals surface area contributed by atoms with Gasteiger partial charge < -0.3 is 28.4 Å². The molecular weight excluding hydrogens is 1000 g/mol. The molecule has 0 spiro atoms. The van der Waals surface area contributed by atoms with E-state index < -0.39 is 46.7 Å². The number of carbonyl (C=O) groups excluding carboxylic acids is 4. The van der Waals surface area contributed by atoms with Crippen molar-refractivity contribution in [3.05, 3.63) is 108 Å². The van der Waals surface area contributed by atoms with Crippen LogP contribution in [0.3, 0.4) is 0 Å². The molecule has 0 aliphatic carbocycles. The van der Waals surface area contributed by atoms with Gasteiger partial charge in [0.1, 0.15) is 11.5 Å². The minimum atomic E-state index is -2.04. The van der Waals surface area contributed by atoms with Gasteiger partial charge in [0, 0.05) is 12.2 Å². The number of benzene rings is 3. The molecule has 3 rings (SSSR count). The summed E-state index contributed by atoms with van der Waals surface area (Å²) in [5.41, 5.74) is -0.290. The summed E-state index contributed by atoms with van der Waals surface area (Å²) < 4.78 is 91.3. The van der Waals surface area contributed by atoms with Crippen molar-refractivity contribution < 1.29 is 65.2 Å². The highest BCUT2D eigenvalue weighted by molar-refractivity contribution is 5.92. The minimum Gasteiger partial charge on any atom is -0.494 e. The van der Waals surface area contributed by atoms with E-state index in [2.05, 4.69) is 13.2 Å². The zero-order chi connectivity index (χ0) is 56.3. The van der Waals surface area contributed by atoms with Gasteiger partial charge in [0.2, 0.25) is 34.8 Å². The number of halogens is 4. The molecule has 0 saturated heterocycles. The monoisotopic (exact) mass is 1090 g/mol. The third kappa shape index (κ3) is 29.9. The van der Waals surface area contributed by atoms with Gasteiger partial charge in [-0.25, -0.2) is 19.2 Å². The standard InChI is InChI=1S/C64H90F4O10/c1-3-55(69)75-49-37-33-29-25-21-17-13-9-5-7-11-15-19-23-27-31-35-47-73-53-43-39-51(40-44-53)63(71)77-61-57(65)59(67)62(60(68)58(61)66)78-64(72)52-41-45-54(46-42-52)74-48-36-32-28-24-20-16-12-8-6-10-14-18-22-26-30-34-38-50-76-56(70)4-2/h3-4,39-46H,1-2,5-38,47-50H2. The predicted octanol–water partition coefficient (Wildman–Crippen LogP) is 18.2. The first-order chi connectivity index (χ1) is 38.0. The average molecular weight is 1100 g/mol. The van der Waals surface area contributed by atoms with E-state index in [-0.39, 0.29) is 23.1 Å². The van der Waals surface area contributed by atoms with E-state index in [0.29, 0.717) is 37.9 Å². The van der Waals surface area contributed by atoms with Crippen LogP contribution in [-0.4, -0.2) is 50.3 Å². The molecule has 3 aromatic rings. The number of carbonyl (C=O) groups is 4. The first-order valence-corrected chi connectivity index (χ1v) is 29.4. The summed E-state index contributed by atoms with van der Waals surface area (Å²) in [6.07, 6.45) is 42.5. The van der Waals surface area contributed by atoms with Gasteiger partial charge in [0.15, 0.2) is 0 Å². The Morgan fingerprint density at radius 2 is 0.526 bits per heavy atom. The summed E-state index contributed by atoms with van der Waals surface area (Å²) in [5, 5.41) is 0. The maximum atomic E-state index is 15.1. The van der Waals surface area contributed by atoms with E-state index >= 15 is 17.6 Å². The fourth-order valence-corrected chi connectivity index (χ4v) is 9.00. The van der Waals surface area contributed by atoms with Crippen molar-refractivity contribution in [3.8, 4) is 23.0 Å². The average Bonchev–Trinajstić information content (AvgIpc) is 3.56. The second-order valence-corrected chi connectivity index (χ2v) is 20.2. The maximum absolute atomic E-state index is 15.1. The normalized spacial score (nSPS) is 11.0. The SMILES string of the molecule is C=CC(=O)OCCCCCCCCCCCCCCCCCCCOc1ccc(C(=O)Oc2c(F)c(F)c(OC(=O)c3ccc(OCCCCCCCCCCCCCCCCCCCOC(=O)C=C)cc3)c(F)c2F)cc1. The highest BCUT2D eigenvalue weighted by Gasteiger charge is 2.31. The fraction of sp³-hybridized carbons (Fsp3) is 0.594. The summed E-state index contributed by atoms with van der Waals surface area (Å²) in [5.74, 6) is -13.7. The van der Waals surface area contributed by atoms with Gasteiger partial charge in [-0.2, -0.15) is 17.6 Å². The third-order valence-electron chi connectivity index (χ3n) is 13.7. The second kappa shape index (κ2) is 43.2. The Labute approximate surface area is 463 Å². The van der Waals surface area contributed by atoms with Crippen molar-refractivity contribution in [2.75, 3.05) is 26.4 Å². The lowest BCUT2D eigenvalue weighted by Gasteiger charge is -2.13. The van der Waals surface area contributed by atoms with Gasteiger partial charge in [-0.3, -0.25) is 0 Å². The molecule has 0 bridgehead atoms. The molecule has 0 fully saturated rings. The number of hydrogen-bond donors (Lipinski definition) is 0. The van der Waals surface area contributed by atoms with Gasteiger partial charge in [-0.15, -0.1) is 0 Å². The summed E-state index contributed by atoms with van der Waals surface area (Å²) >= 11 is 0. The first-order valence-electron chi connectivity index (χ1n) is 29.4. The molecule has 0 amide bonds. The summed E-state index contributed by atoms with van der Waals surface area (Å²) in [6, 6.07) is 11.2. The lowest BCUT2D eigenvalue weighted by molar-refractivity contribution is -0.138. The van der Waals surface area contributed by atoms with Crippen LogP contribution in [0.1, 0.15) is 239 Å². The summed E-state index contributed by atoms with van der Waals surface area (Å²) in [6.45, 7) is 8.69. The van der Waals surface area contributed by atoms with Gasteiger partial charge in [-0.1, -0.05) is 206 Å². The maximum Gasteiger partial charge on any atom is 0.343 e. The summed E-state index contributed by atoms with van der Waals surface area (Å²) in [7, 11) is 0. The molecule has 78 heavy (non-hydrogen) atoms. The number of esters is 4. The molecule has 0 saturated carbocycles. The van der Waals surface area contributed by atoms with E-state index in [1.807, 2.05) is 0 Å². The Bertz CT molecular complexity index is 1970. The van der Waals surface area contributed by atoms with Crippen LogP contribution in [0.25, 0.3) is 0 Å². The Kier molecular flexibility index (Phi) is 36.9. The first kappa shape index (κ1) is 66.6. The topological polar surface area (TPSA) is 124 Å². The molecule has 14 heteroatoms. The smallest absolute Gasteiger partial charge is 0.343 e. The number of hydrogen-bond acceptors (Lipinski definition) is 10. The molecule has 0 N–H and O–H groups in total. The van der Waals surface area contributed by atoms with Crippen molar-refractivity contribution in [1.82, 2.24) is 0 Å². The van der Waals surface area contributed by atoms with E-state index in [1.165, 1.54) is 215 Å². The fourth-order valence-electron chi connectivity index (χ4n) is 9.00. The van der Waals surface area contributed by atoms with Crippen LogP contribution in [0.4, 0.5) is 17.6 Å². The Morgan fingerprint density at radius 1 is 0.321 bits per heavy atom. The second-order valence-electron chi connectivity index (χ2n) is 20.2. The van der Waals surface area contributed by atoms with Crippen molar-refractivity contribution in [2.45, 2.75) is 218 Å². The number of unbranched alkanes of at least 4 members (excludes halogenated alkanes) is 32. The molecular formula is C64H90F4O10. The minimum absolute atomic E-state index is 0.145. The van der Waals surface area contributed by atoms with Gasteiger partial charge >= 0.3 is 23.9 Å². The largest absolute Gasteiger partial charge is 0.494 e. The molecule has 0 radical (unpaired) electrons. The van der Waals surface area contributed by atoms with Crippen molar-refractivity contribution in [2.24, 2.45) is 0 Å². The molecule has 0 aliphatic rings. The lowest BCUT2D eigenvalue weighted by atomic mass is 10.0. The van der Waals surface area contributed by atoms with E-state index in [1.54, 1.807) is 0 Å². The van der Waals surface area contributed by atoms with E-state index in [4.69, 9.17) is 28.4 Å². The Morgan fingerprint density at radius 3 is 0.744 bits per heavy atom. The van der Waals surface area contributed by atoms with Crippen LogP contribution in [0, 0.1) is 23.3 Å². The molecule has 0 aromatic heterocycles. The highest BCUT2D eigenvalue weighted by atomic mass is 19.2. The molecule has 0 heterocycles. The number of rotatable bonds is 48. The van der Waals surface area contributed by atoms with E-state index in [0.717, 1.165) is 64.2 Å². The third-order valence-corrected chi connectivity index (χ3v) is 13.7. The van der Waals surface area contributed by atoms with Gasteiger partial charge in [-0.05, 0) is 74.2 Å². The van der Waals surface area contributed by atoms with Crippen LogP contribution in [0.5, 0.6) is 23.0 Å². The lowest BCUT2D eigenvalue weighted by Crippen LogP contribution is -2.16. The molecule has 0 unspecified atom stereocenters. The predicted molar refractivity (Wildman–Crippen MR) is 299 cm³/mol. The van der Waals surface area contributed by atoms with Crippen molar-refractivity contribution in [3.63, 3.8) is 0 Å². The molecule has 10 nitrogen and oxygen atoms in total. The summed E-state index contributed by atoms with van der Waals surface area (Å²) in [4.78, 5) is 47.6. The molecule has 0 aliphatic heterocycles. The zero-order valence-electron chi connectivity index (χ0n) is 46.7. The van der Waals surface area contributed by atoms with Crippen LogP contribution in [0.15, 0.2) is 73.8 Å². The molecule has 0 atom stereocenters. The quantitative estimate of drug-likeness (QED) is 0.0135. The van der Waals surface area contributed by atoms with Crippen molar-refractivity contribution >= 4 is 23.9 Å². The van der Waals surface area contributed by atoms with Crippen molar-refractivity contribution in [1.29, 1.82) is 0 Å². The van der Waals surface area contributed by atoms with Crippen LogP contribution < -0.4 is 18.9 Å². The van der Waals surface area contributed by atoms with E-state index in [9.17, 15) is 19.2 Å². The van der Waals surface area contributed by atoms with Gasteiger partial charge in [0.05, 0.1) is 37.6 Å². The van der Waals surface area contributed by atoms with Crippen LogP contribution >= 0.6 is 0 Å². The highest BCUT2D eigenvalue weighted by Crippen LogP contribution is 2.36. The zero-order valence-corrected chi connectivity index (χ0v) is 46.7.